The van der Waals surface area contributed by atoms with Crippen LogP contribution in [0, 0.1) is 0 Å². The van der Waals surface area contributed by atoms with Gasteiger partial charge in [-0.05, 0) is 57.2 Å². The maximum absolute atomic E-state index is 13.2. The predicted molar refractivity (Wildman–Crippen MR) is 93.1 cm³/mol. The Kier molecular flexibility index (Phi) is 5.24. The summed E-state index contributed by atoms with van der Waals surface area (Å²) in [4.78, 5) is 1.35. The summed E-state index contributed by atoms with van der Waals surface area (Å²) in [7, 11) is -1.57. The molecule has 0 aliphatic rings. The lowest BCUT2D eigenvalue weighted by molar-refractivity contribution is -0.143. The van der Waals surface area contributed by atoms with E-state index in [1.54, 1.807) is 60.7 Å². The SMILES string of the molecule is FC(F)(F)c1cc([SH](c2ccccc2)c2ccccc2)cc(C(F)(F)F)c1. The quantitative estimate of drug-likeness (QED) is 0.349. The van der Waals surface area contributed by atoms with Crippen LogP contribution in [-0.4, -0.2) is 0 Å². The predicted octanol–water partition coefficient (Wildman–Crippen LogP) is 7.20. The molecule has 0 fully saturated rings. The van der Waals surface area contributed by atoms with E-state index >= 15 is 0 Å². The topological polar surface area (TPSA) is 0 Å². The van der Waals surface area contributed by atoms with Crippen molar-refractivity contribution in [3.8, 4) is 0 Å². The number of halogens is 6. The van der Waals surface area contributed by atoms with Gasteiger partial charge in [0, 0.05) is 0 Å². The van der Waals surface area contributed by atoms with Gasteiger partial charge in [0.2, 0.25) is 0 Å². The number of hydrogen-bond donors (Lipinski definition) is 1. The molecule has 3 aromatic carbocycles. The van der Waals surface area contributed by atoms with E-state index in [2.05, 4.69) is 0 Å². The number of benzene rings is 3. The lowest BCUT2D eigenvalue weighted by Gasteiger charge is -2.25. The summed E-state index contributed by atoms with van der Waals surface area (Å²) in [6, 6.07) is 19.0. The molecular weight excluding hydrogens is 386 g/mol. The van der Waals surface area contributed by atoms with Gasteiger partial charge in [0.25, 0.3) is 0 Å². The lowest BCUT2D eigenvalue weighted by atomic mass is 10.1. The summed E-state index contributed by atoms with van der Waals surface area (Å²) in [5.41, 5.74) is -2.60. The van der Waals surface area contributed by atoms with Gasteiger partial charge in [0.05, 0.1) is 11.1 Å². The van der Waals surface area contributed by atoms with E-state index in [9.17, 15) is 26.3 Å². The van der Waals surface area contributed by atoms with Gasteiger partial charge >= 0.3 is 12.4 Å². The van der Waals surface area contributed by atoms with E-state index < -0.39 is 34.4 Å². The molecule has 0 aliphatic heterocycles. The van der Waals surface area contributed by atoms with Crippen LogP contribution < -0.4 is 0 Å². The van der Waals surface area contributed by atoms with E-state index in [1.807, 2.05) is 0 Å². The molecule has 0 aromatic heterocycles. The smallest absolute Gasteiger partial charge is 0.173 e. The Balaban J connectivity index is 2.26. The maximum Gasteiger partial charge on any atom is 0.416 e. The number of rotatable bonds is 3. The Morgan fingerprint density at radius 1 is 0.481 bits per heavy atom. The van der Waals surface area contributed by atoms with Crippen LogP contribution in [0.25, 0.3) is 0 Å². The molecule has 0 nitrogen and oxygen atoms in total. The molecule has 0 bridgehead atoms. The van der Waals surface area contributed by atoms with Crippen LogP contribution in [0.1, 0.15) is 11.1 Å². The summed E-state index contributed by atoms with van der Waals surface area (Å²) in [6.45, 7) is 0. The minimum absolute atomic E-state index is 0.00421. The van der Waals surface area contributed by atoms with Crippen LogP contribution in [0.4, 0.5) is 26.3 Å². The highest BCUT2D eigenvalue weighted by molar-refractivity contribution is 8.17. The van der Waals surface area contributed by atoms with E-state index in [0.29, 0.717) is 9.79 Å². The van der Waals surface area contributed by atoms with Crippen molar-refractivity contribution >= 4 is 10.9 Å². The molecule has 0 unspecified atom stereocenters. The zero-order chi connectivity index (χ0) is 19.7. The average Bonchev–Trinajstić information content (AvgIpc) is 2.62. The second-order valence-corrected chi connectivity index (χ2v) is 7.99. The molecule has 27 heavy (non-hydrogen) atoms. The molecule has 0 saturated carbocycles. The van der Waals surface area contributed by atoms with Crippen LogP contribution >= 0.6 is 10.9 Å². The molecule has 3 aromatic rings. The van der Waals surface area contributed by atoms with Gasteiger partial charge in [0.1, 0.15) is 0 Å². The van der Waals surface area contributed by atoms with Crippen molar-refractivity contribution < 1.29 is 26.3 Å². The standard InChI is InChI=1S/C20H14F6S/c21-19(22,23)14-11-15(20(24,25)26)13-18(12-14)27(16-7-3-1-4-8-16)17-9-5-2-6-10-17/h1-13,27H. The second-order valence-electron chi connectivity index (χ2n) is 5.77. The highest BCUT2D eigenvalue weighted by Crippen LogP contribution is 2.53. The van der Waals surface area contributed by atoms with Crippen LogP contribution in [0.5, 0.6) is 0 Å². The minimum atomic E-state index is -4.87. The van der Waals surface area contributed by atoms with Gasteiger partial charge in [0.15, 0.2) is 0 Å². The molecule has 0 saturated heterocycles. The first-order chi connectivity index (χ1) is 12.7. The molecule has 0 atom stereocenters. The van der Waals surface area contributed by atoms with Crippen LogP contribution in [0.2, 0.25) is 0 Å². The minimum Gasteiger partial charge on any atom is -0.173 e. The van der Waals surface area contributed by atoms with Gasteiger partial charge in [-0.2, -0.15) is 37.2 Å². The van der Waals surface area contributed by atoms with Crippen LogP contribution in [-0.2, 0) is 12.4 Å². The largest absolute Gasteiger partial charge is 0.416 e. The molecular formula is C20H14F6S. The van der Waals surface area contributed by atoms with Crippen LogP contribution in [0.15, 0.2) is 93.5 Å². The van der Waals surface area contributed by atoms with Crippen molar-refractivity contribution in [3.63, 3.8) is 0 Å². The molecule has 0 N–H and O–H groups in total. The second kappa shape index (κ2) is 7.31. The third-order valence-electron chi connectivity index (χ3n) is 3.86. The monoisotopic (exact) mass is 400 g/mol. The van der Waals surface area contributed by atoms with Gasteiger partial charge in [-0.25, -0.2) is 0 Å². The van der Waals surface area contributed by atoms with Gasteiger partial charge in [-0.3, -0.25) is 0 Å². The number of alkyl halides is 6. The highest BCUT2D eigenvalue weighted by atomic mass is 32.2. The molecule has 0 heterocycles. The summed E-state index contributed by atoms with van der Waals surface area (Å²) in [6.07, 6.45) is -9.74. The molecule has 142 valence electrons. The highest BCUT2D eigenvalue weighted by Gasteiger charge is 2.37. The Hall–Kier alpha value is -2.41. The lowest BCUT2D eigenvalue weighted by Crippen LogP contribution is -2.11. The fourth-order valence-corrected chi connectivity index (χ4v) is 5.04. The average molecular weight is 400 g/mol. The number of thiol groups is 1. The fraction of sp³-hybridized carbons (Fsp3) is 0.100. The molecule has 0 radical (unpaired) electrons. The van der Waals surface area contributed by atoms with E-state index in [1.165, 1.54) is 0 Å². The first-order valence-corrected chi connectivity index (χ1v) is 9.20. The van der Waals surface area contributed by atoms with Crippen molar-refractivity contribution in [2.24, 2.45) is 0 Å². The van der Waals surface area contributed by atoms with Gasteiger partial charge in [-0.15, -0.1) is 0 Å². The van der Waals surface area contributed by atoms with Crippen molar-refractivity contribution in [1.29, 1.82) is 0 Å². The molecule has 0 spiro atoms. The summed E-state index contributed by atoms with van der Waals surface area (Å²) in [5.74, 6) is 0. The van der Waals surface area contributed by atoms with E-state index in [-0.39, 0.29) is 11.0 Å². The van der Waals surface area contributed by atoms with Crippen molar-refractivity contribution in [2.45, 2.75) is 27.0 Å². The summed E-state index contributed by atoms with van der Waals surface area (Å²) < 4.78 is 79.5. The Morgan fingerprint density at radius 2 is 0.852 bits per heavy atom. The fourth-order valence-electron chi connectivity index (χ4n) is 2.67. The van der Waals surface area contributed by atoms with Crippen molar-refractivity contribution in [3.05, 3.63) is 90.0 Å². The van der Waals surface area contributed by atoms with Gasteiger partial charge in [-0.1, -0.05) is 36.4 Å². The first-order valence-electron chi connectivity index (χ1n) is 7.86. The Bertz CT molecular complexity index is 830. The van der Waals surface area contributed by atoms with Crippen LogP contribution in [0.3, 0.4) is 0 Å². The molecule has 0 aliphatic carbocycles. The normalized spacial score (nSPS) is 12.7. The van der Waals surface area contributed by atoms with E-state index in [0.717, 1.165) is 12.1 Å². The molecule has 3 rings (SSSR count). The zero-order valence-electron chi connectivity index (χ0n) is 13.7. The van der Waals surface area contributed by atoms with Gasteiger partial charge < -0.3 is 0 Å². The van der Waals surface area contributed by atoms with E-state index in [4.69, 9.17) is 0 Å². The third kappa shape index (κ3) is 4.47. The number of hydrogen-bond acceptors (Lipinski definition) is 0. The third-order valence-corrected chi connectivity index (χ3v) is 6.26. The summed E-state index contributed by atoms with van der Waals surface area (Å²) in [5, 5.41) is 0. The summed E-state index contributed by atoms with van der Waals surface area (Å²) >= 11 is 0. The van der Waals surface area contributed by atoms with Crippen molar-refractivity contribution in [2.75, 3.05) is 0 Å². The first kappa shape index (κ1) is 19.4. The Labute approximate surface area is 154 Å². The Morgan fingerprint density at radius 3 is 1.19 bits per heavy atom. The van der Waals surface area contributed by atoms with Crippen molar-refractivity contribution in [1.82, 2.24) is 0 Å². The molecule has 0 amide bonds. The zero-order valence-corrected chi connectivity index (χ0v) is 14.6. The maximum atomic E-state index is 13.2. The molecule has 7 heteroatoms.